The first-order valence-electron chi connectivity index (χ1n) is 5.87. The van der Waals surface area contributed by atoms with Crippen molar-refractivity contribution in [3.8, 4) is 0 Å². The van der Waals surface area contributed by atoms with E-state index < -0.39 is 5.97 Å². The van der Waals surface area contributed by atoms with Crippen LogP contribution in [-0.4, -0.2) is 22.1 Å². The van der Waals surface area contributed by atoms with Crippen LogP contribution < -0.4 is 5.32 Å². The molecule has 94 valence electrons. The normalized spacial score (nSPS) is 22.8. The predicted octanol–water partition coefficient (Wildman–Crippen LogP) is 2.51. The van der Waals surface area contributed by atoms with Gasteiger partial charge in [0.15, 0.2) is 0 Å². The van der Waals surface area contributed by atoms with Crippen molar-refractivity contribution in [1.29, 1.82) is 0 Å². The molecule has 1 atom stereocenters. The number of nitrogens with one attached hydrogen (secondary N) is 1. The quantitative estimate of drug-likeness (QED) is 0.866. The Kier molecular flexibility index (Phi) is 3.49. The molecule has 0 aromatic carbocycles. The largest absolute Gasteiger partial charge is 0.476 e. The molecule has 4 nitrogen and oxygen atoms in total. The SMILES string of the molecule is CC1(C)CCC(NCc2csc(C(=O)O)n2)C1. The lowest BCUT2D eigenvalue weighted by atomic mass is 9.92. The van der Waals surface area contributed by atoms with E-state index in [0.717, 1.165) is 5.69 Å². The van der Waals surface area contributed by atoms with Gasteiger partial charge in [-0.2, -0.15) is 0 Å². The second kappa shape index (κ2) is 4.74. The first-order chi connectivity index (χ1) is 7.96. The van der Waals surface area contributed by atoms with Gasteiger partial charge in [0.2, 0.25) is 5.01 Å². The molecule has 0 radical (unpaired) electrons. The molecule has 2 rings (SSSR count). The average Bonchev–Trinajstić information content (AvgIpc) is 2.81. The molecule has 2 N–H and O–H groups in total. The number of nitrogens with zero attached hydrogens (tertiary/aromatic N) is 1. The van der Waals surface area contributed by atoms with Crippen molar-refractivity contribution in [2.24, 2.45) is 5.41 Å². The highest BCUT2D eigenvalue weighted by atomic mass is 32.1. The van der Waals surface area contributed by atoms with E-state index >= 15 is 0 Å². The van der Waals surface area contributed by atoms with Gasteiger partial charge < -0.3 is 10.4 Å². The Balaban J connectivity index is 1.84. The number of hydrogen-bond donors (Lipinski definition) is 2. The standard InChI is InChI=1S/C12H18N2O2S/c1-12(2)4-3-8(5-12)13-6-9-7-17-10(14-9)11(15)16/h7-8,13H,3-6H2,1-2H3,(H,15,16). The zero-order valence-electron chi connectivity index (χ0n) is 10.2. The third kappa shape index (κ3) is 3.26. The van der Waals surface area contributed by atoms with Gasteiger partial charge in [0.05, 0.1) is 5.69 Å². The van der Waals surface area contributed by atoms with Crippen molar-refractivity contribution in [2.45, 2.75) is 45.7 Å². The molecule has 0 aliphatic heterocycles. The van der Waals surface area contributed by atoms with Crippen molar-refractivity contribution >= 4 is 17.3 Å². The van der Waals surface area contributed by atoms with Crippen LogP contribution in [0.3, 0.4) is 0 Å². The summed E-state index contributed by atoms with van der Waals surface area (Å²) in [4.78, 5) is 14.8. The molecule has 1 saturated carbocycles. The fraction of sp³-hybridized carbons (Fsp3) is 0.667. The number of aromatic carboxylic acids is 1. The summed E-state index contributed by atoms with van der Waals surface area (Å²) in [7, 11) is 0. The molecule has 0 saturated heterocycles. The second-order valence-electron chi connectivity index (χ2n) is 5.43. The number of carboxylic acids is 1. The van der Waals surface area contributed by atoms with Crippen LogP contribution in [0.1, 0.15) is 48.6 Å². The van der Waals surface area contributed by atoms with Gasteiger partial charge >= 0.3 is 5.97 Å². The number of aromatic nitrogens is 1. The molecule has 17 heavy (non-hydrogen) atoms. The van der Waals surface area contributed by atoms with Gasteiger partial charge in [-0.15, -0.1) is 11.3 Å². The van der Waals surface area contributed by atoms with Crippen LogP contribution in [0.15, 0.2) is 5.38 Å². The number of carbonyl (C=O) groups is 1. The van der Waals surface area contributed by atoms with Gasteiger partial charge in [0.25, 0.3) is 0 Å². The Morgan fingerprint density at radius 1 is 1.71 bits per heavy atom. The molecule has 0 bridgehead atoms. The summed E-state index contributed by atoms with van der Waals surface area (Å²) in [5, 5.41) is 14.2. The Labute approximate surface area is 105 Å². The van der Waals surface area contributed by atoms with Crippen molar-refractivity contribution < 1.29 is 9.90 Å². The van der Waals surface area contributed by atoms with E-state index in [1.807, 2.05) is 5.38 Å². The van der Waals surface area contributed by atoms with Gasteiger partial charge in [-0.05, 0) is 24.7 Å². The van der Waals surface area contributed by atoms with Crippen molar-refractivity contribution in [2.75, 3.05) is 0 Å². The Bertz CT molecular complexity index is 414. The lowest BCUT2D eigenvalue weighted by molar-refractivity contribution is 0.0696. The Hall–Kier alpha value is -0.940. The zero-order chi connectivity index (χ0) is 12.5. The Morgan fingerprint density at radius 2 is 2.47 bits per heavy atom. The molecular weight excluding hydrogens is 236 g/mol. The minimum absolute atomic E-state index is 0.175. The molecule has 1 aromatic heterocycles. The van der Waals surface area contributed by atoms with Crippen molar-refractivity contribution in [3.05, 3.63) is 16.1 Å². The van der Waals surface area contributed by atoms with Gasteiger partial charge in [0, 0.05) is 18.0 Å². The minimum atomic E-state index is -0.941. The monoisotopic (exact) mass is 254 g/mol. The van der Waals surface area contributed by atoms with Gasteiger partial charge in [-0.3, -0.25) is 0 Å². The molecule has 0 spiro atoms. The molecule has 1 aliphatic carbocycles. The first-order valence-corrected chi connectivity index (χ1v) is 6.75. The fourth-order valence-electron chi connectivity index (χ4n) is 2.35. The van der Waals surface area contributed by atoms with E-state index in [-0.39, 0.29) is 5.01 Å². The zero-order valence-corrected chi connectivity index (χ0v) is 11.0. The van der Waals surface area contributed by atoms with E-state index in [0.29, 0.717) is 18.0 Å². The molecule has 1 heterocycles. The van der Waals surface area contributed by atoms with E-state index in [9.17, 15) is 4.79 Å². The van der Waals surface area contributed by atoms with Gasteiger partial charge in [-0.25, -0.2) is 9.78 Å². The smallest absolute Gasteiger partial charge is 0.365 e. The van der Waals surface area contributed by atoms with Crippen LogP contribution in [0.25, 0.3) is 0 Å². The maximum atomic E-state index is 10.7. The summed E-state index contributed by atoms with van der Waals surface area (Å²) in [5.41, 5.74) is 1.27. The number of hydrogen-bond acceptors (Lipinski definition) is 4. The lowest BCUT2D eigenvalue weighted by Crippen LogP contribution is -2.27. The number of carboxylic acid groups (broad SMARTS) is 1. The second-order valence-corrected chi connectivity index (χ2v) is 6.29. The van der Waals surface area contributed by atoms with Crippen LogP contribution in [0.4, 0.5) is 0 Å². The summed E-state index contributed by atoms with van der Waals surface area (Å²) in [6, 6.07) is 0.542. The van der Waals surface area contributed by atoms with Gasteiger partial charge in [-0.1, -0.05) is 13.8 Å². The molecule has 1 aliphatic rings. The molecule has 5 heteroatoms. The maximum Gasteiger partial charge on any atom is 0.365 e. The summed E-state index contributed by atoms with van der Waals surface area (Å²) in [6.45, 7) is 5.25. The van der Waals surface area contributed by atoms with E-state index in [1.165, 1.54) is 30.6 Å². The van der Waals surface area contributed by atoms with Gasteiger partial charge in [0.1, 0.15) is 0 Å². The molecule has 1 aromatic rings. The van der Waals surface area contributed by atoms with E-state index in [1.54, 1.807) is 0 Å². The molecule has 1 fully saturated rings. The summed E-state index contributed by atoms with van der Waals surface area (Å²) >= 11 is 1.19. The van der Waals surface area contributed by atoms with Crippen LogP contribution in [0.5, 0.6) is 0 Å². The van der Waals surface area contributed by atoms with E-state index in [2.05, 4.69) is 24.1 Å². The number of rotatable bonds is 4. The summed E-state index contributed by atoms with van der Waals surface area (Å²) < 4.78 is 0. The highest BCUT2D eigenvalue weighted by Crippen LogP contribution is 2.36. The van der Waals surface area contributed by atoms with Crippen LogP contribution in [0, 0.1) is 5.41 Å². The van der Waals surface area contributed by atoms with Crippen LogP contribution in [0.2, 0.25) is 0 Å². The Morgan fingerprint density at radius 3 is 3.00 bits per heavy atom. The summed E-state index contributed by atoms with van der Waals surface area (Å²) in [6.07, 6.45) is 3.63. The molecule has 1 unspecified atom stereocenters. The molecular formula is C12H18N2O2S. The minimum Gasteiger partial charge on any atom is -0.476 e. The topological polar surface area (TPSA) is 62.2 Å². The highest BCUT2D eigenvalue weighted by molar-refractivity contribution is 7.11. The summed E-state index contributed by atoms with van der Waals surface area (Å²) in [5.74, 6) is -0.941. The molecule has 0 amide bonds. The maximum absolute atomic E-state index is 10.7. The number of thiazole rings is 1. The van der Waals surface area contributed by atoms with E-state index in [4.69, 9.17) is 5.11 Å². The van der Waals surface area contributed by atoms with Crippen molar-refractivity contribution in [1.82, 2.24) is 10.3 Å². The highest BCUT2D eigenvalue weighted by Gasteiger charge is 2.30. The van der Waals surface area contributed by atoms with Crippen molar-refractivity contribution in [3.63, 3.8) is 0 Å². The average molecular weight is 254 g/mol. The van der Waals surface area contributed by atoms with Crippen LogP contribution in [-0.2, 0) is 6.54 Å². The fourth-order valence-corrected chi connectivity index (χ4v) is 3.00. The first kappa shape index (κ1) is 12.5. The van der Waals surface area contributed by atoms with Crippen LogP contribution >= 0.6 is 11.3 Å². The lowest BCUT2D eigenvalue weighted by Gasteiger charge is -2.17. The third-order valence-electron chi connectivity index (χ3n) is 3.28. The predicted molar refractivity (Wildman–Crippen MR) is 67.3 cm³/mol. The third-order valence-corrected chi connectivity index (χ3v) is 4.15.